The SMILES string of the molecule is C=N/C=C(/COCCOCCCCCC)N1C=COC1. The molecule has 114 valence electrons. The van der Waals surface area contributed by atoms with Crippen LogP contribution in [0.25, 0.3) is 0 Å². The Kier molecular flexibility index (Phi) is 9.61. The fraction of sp³-hybridized carbons (Fsp3) is 0.667. The fourth-order valence-electron chi connectivity index (χ4n) is 1.79. The standard InChI is InChI=1S/C15H26N2O3/c1-3-4-5-6-8-18-10-11-19-13-15(12-16-2)17-7-9-20-14-17/h7,9,12H,2-6,8,10-11,13-14H2,1H3/b15-12-. The smallest absolute Gasteiger partial charge is 0.164 e. The first-order chi connectivity index (χ1) is 9.88. The normalized spacial score (nSPS) is 14.7. The van der Waals surface area contributed by atoms with Crippen LogP contribution in [0.5, 0.6) is 0 Å². The lowest BCUT2D eigenvalue weighted by Gasteiger charge is -2.17. The van der Waals surface area contributed by atoms with Gasteiger partial charge in [-0.2, -0.15) is 0 Å². The maximum absolute atomic E-state index is 5.58. The highest BCUT2D eigenvalue weighted by atomic mass is 16.5. The molecule has 0 radical (unpaired) electrons. The Labute approximate surface area is 121 Å². The van der Waals surface area contributed by atoms with Crippen molar-refractivity contribution in [3.8, 4) is 0 Å². The lowest BCUT2D eigenvalue weighted by Crippen LogP contribution is -2.19. The van der Waals surface area contributed by atoms with Gasteiger partial charge in [0.2, 0.25) is 0 Å². The van der Waals surface area contributed by atoms with Gasteiger partial charge < -0.3 is 19.1 Å². The van der Waals surface area contributed by atoms with Gasteiger partial charge in [-0.25, -0.2) is 0 Å². The monoisotopic (exact) mass is 282 g/mol. The summed E-state index contributed by atoms with van der Waals surface area (Å²) in [7, 11) is 0. The van der Waals surface area contributed by atoms with Crippen LogP contribution in [0.1, 0.15) is 32.6 Å². The largest absolute Gasteiger partial charge is 0.479 e. The van der Waals surface area contributed by atoms with E-state index in [1.54, 1.807) is 12.5 Å². The van der Waals surface area contributed by atoms with Gasteiger partial charge in [0.1, 0.15) is 6.26 Å². The maximum atomic E-state index is 5.58. The average Bonchev–Trinajstić information content (AvgIpc) is 2.98. The van der Waals surface area contributed by atoms with Crippen LogP contribution in [-0.4, -0.2) is 44.8 Å². The molecule has 0 aromatic carbocycles. The molecule has 0 saturated carbocycles. The Morgan fingerprint density at radius 1 is 1.30 bits per heavy atom. The average molecular weight is 282 g/mol. The van der Waals surface area contributed by atoms with Crippen LogP contribution >= 0.6 is 0 Å². The number of hydrogen-bond donors (Lipinski definition) is 0. The first-order valence-electron chi connectivity index (χ1n) is 7.23. The van der Waals surface area contributed by atoms with E-state index in [-0.39, 0.29) is 0 Å². The Morgan fingerprint density at radius 2 is 2.15 bits per heavy atom. The molecule has 0 unspecified atom stereocenters. The van der Waals surface area contributed by atoms with Gasteiger partial charge in [-0.3, -0.25) is 4.99 Å². The molecule has 1 aliphatic heterocycles. The van der Waals surface area contributed by atoms with Crippen LogP contribution in [0, 0.1) is 0 Å². The molecule has 0 spiro atoms. The molecule has 5 nitrogen and oxygen atoms in total. The van der Waals surface area contributed by atoms with E-state index in [0.29, 0.717) is 26.6 Å². The molecule has 0 N–H and O–H groups in total. The molecule has 0 saturated heterocycles. The number of ether oxygens (including phenoxy) is 3. The van der Waals surface area contributed by atoms with Gasteiger partial charge in [0.15, 0.2) is 6.73 Å². The molecule has 0 amide bonds. The zero-order valence-corrected chi connectivity index (χ0v) is 12.4. The summed E-state index contributed by atoms with van der Waals surface area (Å²) in [5, 5.41) is 0. The van der Waals surface area contributed by atoms with Crippen molar-refractivity contribution < 1.29 is 14.2 Å². The first-order valence-corrected chi connectivity index (χ1v) is 7.23. The third-order valence-corrected chi connectivity index (χ3v) is 2.92. The van der Waals surface area contributed by atoms with Gasteiger partial charge in [0.25, 0.3) is 0 Å². The zero-order valence-electron chi connectivity index (χ0n) is 12.4. The zero-order chi connectivity index (χ0) is 14.5. The summed E-state index contributed by atoms with van der Waals surface area (Å²) in [5.74, 6) is 0. The minimum atomic E-state index is 0.478. The Bertz CT molecular complexity index is 316. The number of hydrogen-bond acceptors (Lipinski definition) is 5. The van der Waals surface area contributed by atoms with Crippen molar-refractivity contribution in [1.82, 2.24) is 4.90 Å². The minimum absolute atomic E-state index is 0.478. The highest BCUT2D eigenvalue weighted by molar-refractivity contribution is 5.26. The molecule has 0 aromatic heterocycles. The molecule has 1 aliphatic rings. The van der Waals surface area contributed by atoms with E-state index in [2.05, 4.69) is 18.6 Å². The summed E-state index contributed by atoms with van der Waals surface area (Å²) >= 11 is 0. The predicted molar refractivity (Wildman–Crippen MR) is 80.3 cm³/mol. The second-order valence-corrected chi connectivity index (χ2v) is 4.58. The number of rotatable bonds is 12. The molecule has 0 fully saturated rings. The highest BCUT2D eigenvalue weighted by Gasteiger charge is 2.10. The Balaban J connectivity index is 2.02. The second kappa shape index (κ2) is 11.5. The molecule has 0 aliphatic carbocycles. The van der Waals surface area contributed by atoms with Crippen molar-refractivity contribution in [1.29, 1.82) is 0 Å². The molecule has 1 heterocycles. The van der Waals surface area contributed by atoms with E-state index < -0.39 is 0 Å². The van der Waals surface area contributed by atoms with Gasteiger partial charge in [0, 0.05) is 19.0 Å². The van der Waals surface area contributed by atoms with Crippen molar-refractivity contribution in [2.45, 2.75) is 32.6 Å². The first kappa shape index (κ1) is 16.7. The third kappa shape index (κ3) is 7.31. The van der Waals surface area contributed by atoms with E-state index in [0.717, 1.165) is 18.7 Å². The second-order valence-electron chi connectivity index (χ2n) is 4.58. The Hall–Kier alpha value is -1.33. The van der Waals surface area contributed by atoms with Crippen molar-refractivity contribution in [3.05, 3.63) is 24.4 Å². The quantitative estimate of drug-likeness (QED) is 0.408. The van der Waals surface area contributed by atoms with E-state index in [1.807, 2.05) is 11.1 Å². The molecule has 5 heteroatoms. The van der Waals surface area contributed by atoms with Crippen LogP contribution in [0.4, 0.5) is 0 Å². The molecular formula is C15H26N2O3. The van der Waals surface area contributed by atoms with Crippen molar-refractivity contribution >= 4 is 6.72 Å². The summed E-state index contributed by atoms with van der Waals surface area (Å²) in [5.41, 5.74) is 0.927. The maximum Gasteiger partial charge on any atom is 0.164 e. The Morgan fingerprint density at radius 3 is 2.85 bits per heavy atom. The van der Waals surface area contributed by atoms with E-state index in [4.69, 9.17) is 14.2 Å². The third-order valence-electron chi connectivity index (χ3n) is 2.92. The number of aliphatic imine (C=N–C) groups is 1. The van der Waals surface area contributed by atoms with Crippen LogP contribution < -0.4 is 0 Å². The predicted octanol–water partition coefficient (Wildman–Crippen LogP) is 2.90. The van der Waals surface area contributed by atoms with Gasteiger partial charge in [-0.1, -0.05) is 26.2 Å². The van der Waals surface area contributed by atoms with Crippen molar-refractivity contribution in [2.75, 3.05) is 33.2 Å². The van der Waals surface area contributed by atoms with Crippen LogP contribution in [-0.2, 0) is 14.2 Å². The fourth-order valence-corrected chi connectivity index (χ4v) is 1.79. The highest BCUT2D eigenvalue weighted by Crippen LogP contribution is 2.11. The van der Waals surface area contributed by atoms with Gasteiger partial charge in [-0.05, 0) is 13.1 Å². The van der Waals surface area contributed by atoms with Crippen molar-refractivity contribution in [3.63, 3.8) is 0 Å². The van der Waals surface area contributed by atoms with Gasteiger partial charge in [0.05, 0.1) is 25.5 Å². The molecule has 20 heavy (non-hydrogen) atoms. The topological polar surface area (TPSA) is 43.3 Å². The minimum Gasteiger partial charge on any atom is -0.479 e. The van der Waals surface area contributed by atoms with Gasteiger partial charge >= 0.3 is 0 Å². The van der Waals surface area contributed by atoms with Gasteiger partial charge in [-0.15, -0.1) is 0 Å². The molecule has 0 bridgehead atoms. The van der Waals surface area contributed by atoms with Crippen LogP contribution in [0.3, 0.4) is 0 Å². The molecule has 1 rings (SSSR count). The van der Waals surface area contributed by atoms with E-state index >= 15 is 0 Å². The molecule has 0 atom stereocenters. The summed E-state index contributed by atoms with van der Waals surface area (Å²) in [6.45, 7) is 8.69. The lowest BCUT2D eigenvalue weighted by atomic mass is 10.2. The summed E-state index contributed by atoms with van der Waals surface area (Å²) in [6.07, 6.45) is 10.1. The summed E-state index contributed by atoms with van der Waals surface area (Å²) < 4.78 is 16.2. The molecular weight excluding hydrogens is 256 g/mol. The summed E-state index contributed by atoms with van der Waals surface area (Å²) in [6, 6.07) is 0. The van der Waals surface area contributed by atoms with E-state index in [1.165, 1.54) is 19.3 Å². The lowest BCUT2D eigenvalue weighted by molar-refractivity contribution is 0.0479. The van der Waals surface area contributed by atoms with Crippen LogP contribution in [0.15, 0.2) is 29.4 Å². The van der Waals surface area contributed by atoms with Crippen LogP contribution in [0.2, 0.25) is 0 Å². The van der Waals surface area contributed by atoms with E-state index in [9.17, 15) is 0 Å². The number of nitrogens with zero attached hydrogens (tertiary/aromatic N) is 2. The summed E-state index contributed by atoms with van der Waals surface area (Å²) in [4.78, 5) is 5.71. The van der Waals surface area contributed by atoms with Crippen molar-refractivity contribution in [2.24, 2.45) is 4.99 Å². The molecule has 0 aromatic rings. The number of unbranched alkanes of at least 4 members (excludes halogenated alkanes) is 3.